The lowest BCUT2D eigenvalue weighted by Gasteiger charge is -2.34. The lowest BCUT2D eigenvalue weighted by Crippen LogP contribution is -2.51. The summed E-state index contributed by atoms with van der Waals surface area (Å²) in [5, 5.41) is 7.57. The van der Waals surface area contributed by atoms with Crippen molar-refractivity contribution in [2.75, 3.05) is 26.2 Å². The largest absolute Gasteiger partial charge is 0.334 e. The van der Waals surface area contributed by atoms with Crippen molar-refractivity contribution in [3.8, 4) is 11.3 Å². The molecule has 0 unspecified atom stereocenters. The van der Waals surface area contributed by atoms with Crippen LogP contribution in [0, 0.1) is 0 Å². The van der Waals surface area contributed by atoms with E-state index in [9.17, 15) is 4.79 Å². The van der Waals surface area contributed by atoms with Crippen molar-refractivity contribution < 1.29 is 4.79 Å². The Morgan fingerprint density at radius 2 is 1.60 bits per heavy atom. The summed E-state index contributed by atoms with van der Waals surface area (Å²) in [4.78, 5) is 21.4. The number of benzene rings is 2. The molecule has 30 heavy (non-hydrogen) atoms. The van der Waals surface area contributed by atoms with Crippen LogP contribution >= 0.6 is 34.5 Å². The maximum atomic E-state index is 12.4. The SMILES string of the molecule is O=C(NCc1ccc(Cl)cc1)N1CCN(Cc2nc(-c3ccc(Cl)cc3)cs2)CC1. The third kappa shape index (κ3) is 5.52. The van der Waals surface area contributed by atoms with Gasteiger partial charge in [-0.1, -0.05) is 47.5 Å². The van der Waals surface area contributed by atoms with Gasteiger partial charge in [0, 0.05) is 53.7 Å². The predicted octanol–water partition coefficient (Wildman–Crippen LogP) is 5.14. The smallest absolute Gasteiger partial charge is 0.317 e. The fourth-order valence-corrected chi connectivity index (χ4v) is 4.43. The monoisotopic (exact) mass is 460 g/mol. The molecule has 3 aromatic rings. The average Bonchev–Trinajstić information content (AvgIpc) is 3.22. The quantitative estimate of drug-likeness (QED) is 0.572. The molecule has 156 valence electrons. The van der Waals surface area contributed by atoms with Crippen LogP contribution < -0.4 is 5.32 Å². The molecule has 1 N–H and O–H groups in total. The molecule has 0 spiro atoms. The van der Waals surface area contributed by atoms with Gasteiger partial charge in [-0.2, -0.15) is 0 Å². The molecule has 0 bridgehead atoms. The van der Waals surface area contributed by atoms with Crippen LogP contribution in [0.2, 0.25) is 10.0 Å². The zero-order valence-electron chi connectivity index (χ0n) is 16.4. The van der Waals surface area contributed by atoms with Crippen LogP contribution in [-0.2, 0) is 13.1 Å². The Kier molecular flexibility index (Phi) is 6.89. The van der Waals surface area contributed by atoms with Crippen LogP contribution in [0.15, 0.2) is 53.9 Å². The summed E-state index contributed by atoms with van der Waals surface area (Å²) in [6.07, 6.45) is 0. The Bertz CT molecular complexity index is 983. The molecule has 0 radical (unpaired) electrons. The Labute approximate surface area is 190 Å². The number of carbonyl (C=O) groups excluding carboxylic acids is 1. The van der Waals surface area contributed by atoms with E-state index in [0.717, 1.165) is 46.5 Å². The molecule has 0 aliphatic carbocycles. The molecule has 1 aromatic heterocycles. The number of nitrogens with one attached hydrogen (secondary N) is 1. The van der Waals surface area contributed by atoms with Gasteiger partial charge in [0.15, 0.2) is 0 Å². The minimum atomic E-state index is -0.0242. The van der Waals surface area contributed by atoms with Gasteiger partial charge in [-0.05, 0) is 29.8 Å². The van der Waals surface area contributed by atoms with Gasteiger partial charge in [0.1, 0.15) is 5.01 Å². The van der Waals surface area contributed by atoms with Gasteiger partial charge in [-0.15, -0.1) is 11.3 Å². The van der Waals surface area contributed by atoms with Crippen molar-refractivity contribution in [1.82, 2.24) is 20.1 Å². The second-order valence-electron chi connectivity index (χ2n) is 7.18. The number of halogens is 2. The minimum absolute atomic E-state index is 0.0242. The molecule has 8 heteroatoms. The van der Waals surface area contributed by atoms with Crippen LogP contribution in [0.25, 0.3) is 11.3 Å². The second-order valence-corrected chi connectivity index (χ2v) is 9.00. The number of nitrogens with zero attached hydrogens (tertiary/aromatic N) is 3. The molecule has 2 amide bonds. The Morgan fingerprint density at radius 3 is 2.27 bits per heavy atom. The highest BCUT2D eigenvalue weighted by molar-refractivity contribution is 7.09. The fraction of sp³-hybridized carbons (Fsp3) is 0.273. The molecule has 4 rings (SSSR count). The van der Waals surface area contributed by atoms with E-state index in [1.165, 1.54) is 0 Å². The van der Waals surface area contributed by atoms with Crippen LogP contribution in [0.3, 0.4) is 0 Å². The number of aromatic nitrogens is 1. The van der Waals surface area contributed by atoms with E-state index < -0.39 is 0 Å². The van der Waals surface area contributed by atoms with Gasteiger partial charge < -0.3 is 10.2 Å². The van der Waals surface area contributed by atoms with Gasteiger partial charge in [0.05, 0.1) is 12.2 Å². The van der Waals surface area contributed by atoms with Crippen LogP contribution in [0.4, 0.5) is 4.79 Å². The zero-order chi connectivity index (χ0) is 20.9. The molecule has 1 aliphatic rings. The molecular weight excluding hydrogens is 439 g/mol. The van der Waals surface area contributed by atoms with Crippen molar-refractivity contribution in [2.45, 2.75) is 13.1 Å². The summed E-state index contributed by atoms with van der Waals surface area (Å²) in [6, 6.07) is 15.2. The van der Waals surface area contributed by atoms with E-state index in [2.05, 4.69) is 15.6 Å². The summed E-state index contributed by atoms with van der Waals surface area (Å²) >= 11 is 13.5. The molecule has 0 atom stereocenters. The molecule has 2 aromatic carbocycles. The first-order chi connectivity index (χ1) is 14.6. The summed E-state index contributed by atoms with van der Waals surface area (Å²) < 4.78 is 0. The first kappa shape index (κ1) is 21.1. The third-order valence-electron chi connectivity index (χ3n) is 5.07. The molecule has 1 fully saturated rings. The van der Waals surface area contributed by atoms with Crippen molar-refractivity contribution >= 4 is 40.6 Å². The highest BCUT2D eigenvalue weighted by Crippen LogP contribution is 2.24. The van der Waals surface area contributed by atoms with Crippen molar-refractivity contribution in [3.63, 3.8) is 0 Å². The van der Waals surface area contributed by atoms with E-state index in [-0.39, 0.29) is 6.03 Å². The standard InChI is InChI=1S/C22H22Cl2N4OS/c23-18-5-1-16(2-6-18)13-25-22(29)28-11-9-27(10-12-28)14-21-26-20(15-30-21)17-3-7-19(24)8-4-17/h1-8,15H,9-14H2,(H,25,29). The maximum absolute atomic E-state index is 12.4. The van der Waals surface area contributed by atoms with E-state index >= 15 is 0 Å². The number of amides is 2. The maximum Gasteiger partial charge on any atom is 0.317 e. The molecule has 0 saturated carbocycles. The Morgan fingerprint density at radius 1 is 0.967 bits per heavy atom. The number of carbonyl (C=O) groups is 1. The Balaban J connectivity index is 1.24. The Hall–Kier alpha value is -2.12. The van der Waals surface area contributed by atoms with Crippen LogP contribution in [-0.4, -0.2) is 47.0 Å². The van der Waals surface area contributed by atoms with E-state index in [1.54, 1.807) is 11.3 Å². The number of piperazine rings is 1. The molecular formula is C22H22Cl2N4OS. The number of hydrogen-bond acceptors (Lipinski definition) is 4. The molecule has 2 heterocycles. The average molecular weight is 461 g/mol. The lowest BCUT2D eigenvalue weighted by molar-refractivity contribution is 0.135. The first-order valence-electron chi connectivity index (χ1n) is 9.77. The lowest BCUT2D eigenvalue weighted by atomic mass is 10.2. The van der Waals surface area contributed by atoms with Gasteiger partial charge >= 0.3 is 6.03 Å². The summed E-state index contributed by atoms with van der Waals surface area (Å²) in [7, 11) is 0. The molecule has 1 saturated heterocycles. The van der Waals surface area contributed by atoms with E-state index in [0.29, 0.717) is 24.7 Å². The third-order valence-corrected chi connectivity index (χ3v) is 6.40. The van der Waals surface area contributed by atoms with Gasteiger partial charge in [-0.3, -0.25) is 4.90 Å². The number of urea groups is 1. The first-order valence-corrected chi connectivity index (χ1v) is 11.4. The van der Waals surface area contributed by atoms with Gasteiger partial charge in [0.25, 0.3) is 0 Å². The normalized spacial score (nSPS) is 14.7. The summed E-state index contributed by atoms with van der Waals surface area (Å²) in [5.41, 5.74) is 3.09. The number of hydrogen-bond donors (Lipinski definition) is 1. The minimum Gasteiger partial charge on any atom is -0.334 e. The predicted molar refractivity (Wildman–Crippen MR) is 123 cm³/mol. The van der Waals surface area contributed by atoms with Crippen molar-refractivity contribution in [1.29, 1.82) is 0 Å². The highest BCUT2D eigenvalue weighted by atomic mass is 35.5. The number of rotatable bonds is 5. The number of thiazole rings is 1. The van der Waals surface area contributed by atoms with Gasteiger partial charge in [0.2, 0.25) is 0 Å². The van der Waals surface area contributed by atoms with Crippen molar-refractivity contribution in [2.24, 2.45) is 0 Å². The second kappa shape index (κ2) is 9.79. The summed E-state index contributed by atoms with van der Waals surface area (Å²) in [5.74, 6) is 0. The topological polar surface area (TPSA) is 48.5 Å². The van der Waals surface area contributed by atoms with Crippen LogP contribution in [0.5, 0.6) is 0 Å². The van der Waals surface area contributed by atoms with Gasteiger partial charge in [-0.25, -0.2) is 9.78 Å². The zero-order valence-corrected chi connectivity index (χ0v) is 18.7. The fourth-order valence-electron chi connectivity index (χ4n) is 3.33. The van der Waals surface area contributed by atoms with E-state index in [4.69, 9.17) is 28.2 Å². The molecule has 1 aliphatic heterocycles. The molecule has 5 nitrogen and oxygen atoms in total. The van der Waals surface area contributed by atoms with E-state index in [1.807, 2.05) is 53.4 Å². The summed E-state index contributed by atoms with van der Waals surface area (Å²) in [6.45, 7) is 4.40. The van der Waals surface area contributed by atoms with Crippen LogP contribution in [0.1, 0.15) is 10.6 Å². The highest BCUT2D eigenvalue weighted by Gasteiger charge is 2.21. The van der Waals surface area contributed by atoms with Crippen molar-refractivity contribution in [3.05, 3.63) is 74.5 Å².